The number of carbonyl (C=O) groups is 2. The largest absolute Gasteiger partial charge is 0.488 e. The van der Waals surface area contributed by atoms with Crippen molar-refractivity contribution in [1.82, 2.24) is 20.3 Å². The molecule has 4 aromatic carbocycles. The van der Waals surface area contributed by atoms with E-state index in [9.17, 15) is 22.8 Å². The Kier molecular flexibility index (Phi) is 13.0. The van der Waals surface area contributed by atoms with Gasteiger partial charge in [-0.3, -0.25) is 0 Å². The Morgan fingerprint density at radius 2 is 1.19 bits per heavy atom. The summed E-state index contributed by atoms with van der Waals surface area (Å²) in [5.41, 5.74) is 4.83. The topological polar surface area (TPSA) is 189 Å². The van der Waals surface area contributed by atoms with Gasteiger partial charge in [-0.05, 0) is 165 Å². The van der Waals surface area contributed by atoms with Crippen LogP contribution >= 0.6 is 0 Å². The van der Waals surface area contributed by atoms with E-state index in [1.807, 2.05) is 12.1 Å². The van der Waals surface area contributed by atoms with Crippen molar-refractivity contribution in [3.8, 4) is 57.2 Å². The van der Waals surface area contributed by atoms with E-state index in [-0.39, 0.29) is 45.7 Å². The standard InChI is InChI=1S/C29H30N2O6.C24H23F3N2O4/c32-28(33)21-3-1-20(2-4-21)26-30-31-27(37-26)22-5-6-24(36-16-25-34-7-8-35-25)23(12-22)29-13-17-9-18(14-29)11-19(10-17)15-29;1-23(11-3-2-4-12-23)18-13-17(9-10-19(18)32-14-24(25,26)27)20-28-21(33-29-20)15-5-7-16(8-6-15)22(30)31/h1-6,12,17-19,25H,7-11,13-16H2,(H,32,33);5-10,13H,2-4,11-12,14H2,1H3,(H,30,31). The summed E-state index contributed by atoms with van der Waals surface area (Å²) in [5.74, 6) is 2.81. The molecule has 0 spiro atoms. The summed E-state index contributed by atoms with van der Waals surface area (Å²) < 4.78 is 72.5. The molecule has 0 atom stereocenters. The van der Waals surface area contributed by atoms with E-state index in [0.717, 1.165) is 61.2 Å². The van der Waals surface area contributed by atoms with Crippen molar-refractivity contribution < 1.29 is 60.9 Å². The van der Waals surface area contributed by atoms with Gasteiger partial charge in [0.05, 0.1) is 24.3 Å². The highest BCUT2D eigenvalue weighted by atomic mass is 19.4. The summed E-state index contributed by atoms with van der Waals surface area (Å²) in [6, 6.07) is 23.6. The minimum Gasteiger partial charge on any atom is -0.488 e. The first-order valence-electron chi connectivity index (χ1n) is 23.9. The average molecular weight is 963 g/mol. The first-order valence-corrected chi connectivity index (χ1v) is 23.9. The van der Waals surface area contributed by atoms with Crippen molar-refractivity contribution in [2.75, 3.05) is 26.4 Å². The van der Waals surface area contributed by atoms with Crippen LogP contribution < -0.4 is 9.47 Å². The molecule has 5 aliphatic carbocycles. The van der Waals surface area contributed by atoms with Gasteiger partial charge in [-0.15, -0.1) is 10.2 Å². The van der Waals surface area contributed by atoms with Crippen molar-refractivity contribution in [1.29, 1.82) is 0 Å². The van der Waals surface area contributed by atoms with Gasteiger partial charge in [0.1, 0.15) is 18.1 Å². The zero-order valence-electron chi connectivity index (χ0n) is 38.6. The lowest BCUT2D eigenvalue weighted by atomic mass is 9.48. The third kappa shape index (κ3) is 10.2. The number of aromatic carboxylic acids is 2. The second kappa shape index (κ2) is 19.3. The van der Waals surface area contributed by atoms with Crippen LogP contribution in [-0.4, -0.2) is 81.4 Å². The summed E-state index contributed by atoms with van der Waals surface area (Å²) >= 11 is 0. The Morgan fingerprint density at radius 1 is 0.671 bits per heavy atom. The van der Waals surface area contributed by atoms with Gasteiger partial charge in [0, 0.05) is 33.4 Å². The summed E-state index contributed by atoms with van der Waals surface area (Å²) in [6.45, 7) is 2.28. The van der Waals surface area contributed by atoms with Crippen LogP contribution in [0.15, 0.2) is 93.9 Å². The Bertz CT molecular complexity index is 2800. The van der Waals surface area contributed by atoms with Crippen molar-refractivity contribution in [2.45, 2.75) is 101 Å². The lowest BCUT2D eigenvalue weighted by Gasteiger charge is -2.57. The highest BCUT2D eigenvalue weighted by molar-refractivity contribution is 5.88. The first-order chi connectivity index (χ1) is 33.7. The van der Waals surface area contributed by atoms with E-state index >= 15 is 0 Å². The van der Waals surface area contributed by atoms with Crippen molar-refractivity contribution in [2.24, 2.45) is 17.8 Å². The fourth-order valence-corrected chi connectivity index (χ4v) is 11.8. The highest BCUT2D eigenvalue weighted by Crippen LogP contribution is 2.62. The van der Waals surface area contributed by atoms with Crippen LogP contribution in [0.25, 0.3) is 45.8 Å². The number of benzene rings is 4. The van der Waals surface area contributed by atoms with Crippen molar-refractivity contribution in [3.05, 3.63) is 107 Å². The van der Waals surface area contributed by atoms with E-state index < -0.39 is 24.7 Å². The molecule has 12 rings (SSSR count). The average Bonchev–Trinajstić information content (AvgIpc) is 4.17. The van der Waals surface area contributed by atoms with Gasteiger partial charge in [-0.25, -0.2) is 9.59 Å². The maximum absolute atomic E-state index is 12.8. The maximum Gasteiger partial charge on any atom is 0.422 e. The summed E-state index contributed by atoms with van der Waals surface area (Å²) in [5, 5.41) is 30.8. The number of ether oxygens (including phenoxy) is 4. The molecular formula is C53H53F3N4O10. The summed E-state index contributed by atoms with van der Waals surface area (Å²) in [4.78, 5) is 26.6. The molecule has 2 aromatic heterocycles. The van der Waals surface area contributed by atoms with Gasteiger partial charge < -0.3 is 38.1 Å². The van der Waals surface area contributed by atoms with Crippen molar-refractivity contribution in [3.63, 3.8) is 0 Å². The molecule has 0 amide bonds. The maximum atomic E-state index is 12.8. The number of rotatable bonds is 13. The normalized spacial score (nSPS) is 22.6. The van der Waals surface area contributed by atoms with Gasteiger partial charge >= 0.3 is 18.1 Å². The Labute approximate surface area is 401 Å². The molecule has 6 fully saturated rings. The minimum absolute atomic E-state index is 0.118. The minimum atomic E-state index is -4.43. The fraction of sp³-hybridized carbons (Fsp3) is 0.434. The number of nitrogens with zero attached hydrogens (tertiary/aromatic N) is 4. The van der Waals surface area contributed by atoms with Crippen molar-refractivity contribution >= 4 is 11.9 Å². The first kappa shape index (κ1) is 47.1. The smallest absolute Gasteiger partial charge is 0.422 e. The number of halogens is 3. The molecule has 6 aromatic rings. The zero-order chi connectivity index (χ0) is 48.6. The molecule has 4 bridgehead atoms. The van der Waals surface area contributed by atoms with Crippen LogP contribution in [0.3, 0.4) is 0 Å². The molecule has 17 heteroatoms. The Balaban J connectivity index is 0.000000163. The monoisotopic (exact) mass is 962 g/mol. The molecule has 0 unspecified atom stereocenters. The lowest BCUT2D eigenvalue weighted by Crippen LogP contribution is -2.48. The molecule has 1 aliphatic heterocycles. The van der Waals surface area contributed by atoms with Gasteiger partial charge in [-0.2, -0.15) is 18.2 Å². The third-order valence-corrected chi connectivity index (χ3v) is 14.7. The van der Waals surface area contributed by atoms with Crippen LogP contribution in [-0.2, 0) is 20.3 Å². The molecule has 0 radical (unpaired) electrons. The third-order valence-electron chi connectivity index (χ3n) is 14.7. The molecule has 3 heterocycles. The molecule has 2 N–H and O–H groups in total. The fourth-order valence-electron chi connectivity index (χ4n) is 11.8. The Morgan fingerprint density at radius 3 is 1.76 bits per heavy atom. The van der Waals surface area contributed by atoms with E-state index in [2.05, 4.69) is 33.3 Å². The van der Waals surface area contributed by atoms with Crippen LogP contribution in [0.5, 0.6) is 11.5 Å². The van der Waals surface area contributed by atoms with Gasteiger partial charge in [0.15, 0.2) is 12.9 Å². The summed E-state index contributed by atoms with van der Waals surface area (Å²) in [6.07, 6.45) is 7.78. The van der Waals surface area contributed by atoms with E-state index in [1.165, 1.54) is 74.4 Å². The number of carboxylic acids is 2. The number of aromatic nitrogens is 4. The predicted molar refractivity (Wildman–Crippen MR) is 247 cm³/mol. The number of alkyl halides is 3. The molecule has 1 saturated heterocycles. The van der Waals surface area contributed by atoms with Crippen LogP contribution in [0, 0.1) is 17.8 Å². The molecule has 70 heavy (non-hydrogen) atoms. The number of hydrogen-bond donors (Lipinski definition) is 2. The van der Waals surface area contributed by atoms with E-state index in [4.69, 9.17) is 38.1 Å². The number of carboxylic acid groups (broad SMARTS) is 2. The highest BCUT2D eigenvalue weighted by Gasteiger charge is 2.52. The van der Waals surface area contributed by atoms with Gasteiger partial charge in [0.25, 0.3) is 5.89 Å². The molecule has 366 valence electrons. The van der Waals surface area contributed by atoms with Gasteiger partial charge in [0.2, 0.25) is 17.6 Å². The lowest BCUT2D eigenvalue weighted by molar-refractivity contribution is -0.153. The van der Waals surface area contributed by atoms with E-state index in [0.29, 0.717) is 53.9 Å². The van der Waals surface area contributed by atoms with Gasteiger partial charge in [-0.1, -0.05) is 31.3 Å². The van der Waals surface area contributed by atoms with E-state index in [1.54, 1.807) is 36.4 Å². The molecular weight excluding hydrogens is 910 g/mol. The Hall–Kier alpha value is -6.59. The zero-order valence-corrected chi connectivity index (χ0v) is 38.6. The van der Waals surface area contributed by atoms with Crippen LogP contribution in [0.4, 0.5) is 13.2 Å². The molecule has 14 nitrogen and oxygen atoms in total. The SMILES string of the molecule is CC1(c2cc(-c3noc(-c4ccc(C(=O)O)cc4)n3)ccc2OCC(F)(F)F)CCCCC1.O=C(O)c1ccc(-c2nnc(-c3ccc(OCC4OCCO4)c(C45CC6CC(CC(C6)C4)C5)c3)o2)cc1. The second-order valence-electron chi connectivity index (χ2n) is 19.7. The van der Waals surface area contributed by atoms with Crippen LogP contribution in [0.2, 0.25) is 0 Å². The quantitative estimate of drug-likeness (QED) is 0.111. The molecule has 5 saturated carbocycles. The second-order valence-corrected chi connectivity index (χ2v) is 19.7. The predicted octanol–water partition coefficient (Wildman–Crippen LogP) is 11.6. The summed E-state index contributed by atoms with van der Waals surface area (Å²) in [7, 11) is 0. The number of hydrogen-bond acceptors (Lipinski definition) is 12. The molecule has 6 aliphatic rings. The van der Waals surface area contributed by atoms with Crippen LogP contribution in [0.1, 0.15) is 109 Å².